The minimum atomic E-state index is -0.255. The third-order valence-corrected chi connectivity index (χ3v) is 3.57. The van der Waals surface area contributed by atoms with Gasteiger partial charge in [0.2, 0.25) is 5.75 Å². The molecule has 0 radical (unpaired) electrons. The SMILES string of the molecule is COc1ccc(C(=O)NC2(CN)CC2)c(OC)c1OC. The van der Waals surface area contributed by atoms with E-state index in [4.69, 9.17) is 19.9 Å². The maximum Gasteiger partial charge on any atom is 0.255 e. The predicted molar refractivity (Wildman–Crippen MR) is 74.6 cm³/mol. The third kappa shape index (κ3) is 2.51. The summed E-state index contributed by atoms with van der Waals surface area (Å²) in [5.74, 6) is 1.06. The van der Waals surface area contributed by atoms with E-state index in [1.54, 1.807) is 12.1 Å². The molecule has 1 aromatic rings. The van der Waals surface area contributed by atoms with Crippen LogP contribution in [0.1, 0.15) is 23.2 Å². The summed E-state index contributed by atoms with van der Waals surface area (Å²) in [6, 6.07) is 3.33. The molecule has 0 unspecified atom stereocenters. The van der Waals surface area contributed by atoms with E-state index < -0.39 is 0 Å². The van der Waals surface area contributed by atoms with Crippen LogP contribution in [0.15, 0.2) is 12.1 Å². The molecule has 0 bridgehead atoms. The van der Waals surface area contributed by atoms with E-state index in [-0.39, 0.29) is 11.4 Å². The van der Waals surface area contributed by atoms with Gasteiger partial charge in [0.05, 0.1) is 32.4 Å². The Morgan fingerprint density at radius 3 is 2.30 bits per heavy atom. The highest BCUT2D eigenvalue weighted by atomic mass is 16.5. The van der Waals surface area contributed by atoms with Gasteiger partial charge in [-0.25, -0.2) is 0 Å². The van der Waals surface area contributed by atoms with Gasteiger partial charge < -0.3 is 25.3 Å². The lowest BCUT2D eigenvalue weighted by Gasteiger charge is -2.18. The van der Waals surface area contributed by atoms with Crippen molar-refractivity contribution in [2.24, 2.45) is 5.73 Å². The number of hydrogen-bond acceptors (Lipinski definition) is 5. The normalized spacial score (nSPS) is 15.4. The molecule has 1 saturated carbocycles. The summed E-state index contributed by atoms with van der Waals surface area (Å²) < 4.78 is 15.8. The Kier molecular flexibility index (Phi) is 4.04. The lowest BCUT2D eigenvalue weighted by atomic mass is 10.1. The standard InChI is InChI=1S/C14H20N2O4/c1-18-10-5-4-9(11(19-2)12(10)20-3)13(17)16-14(8-15)6-7-14/h4-5H,6-8,15H2,1-3H3,(H,16,17). The molecule has 0 atom stereocenters. The second-order valence-electron chi connectivity index (χ2n) is 4.82. The first-order valence-corrected chi connectivity index (χ1v) is 6.42. The van der Waals surface area contributed by atoms with E-state index in [9.17, 15) is 4.79 Å². The van der Waals surface area contributed by atoms with Crippen LogP contribution in [0.25, 0.3) is 0 Å². The summed E-state index contributed by atoms with van der Waals surface area (Å²) in [7, 11) is 4.53. The lowest BCUT2D eigenvalue weighted by Crippen LogP contribution is -2.42. The number of rotatable bonds is 6. The quantitative estimate of drug-likeness (QED) is 0.810. The van der Waals surface area contributed by atoms with Crippen LogP contribution in [0.2, 0.25) is 0 Å². The van der Waals surface area contributed by atoms with Crippen LogP contribution in [0.5, 0.6) is 17.2 Å². The van der Waals surface area contributed by atoms with Gasteiger partial charge in [0.15, 0.2) is 11.5 Å². The maximum absolute atomic E-state index is 12.4. The lowest BCUT2D eigenvalue weighted by molar-refractivity contribution is 0.0929. The first-order valence-electron chi connectivity index (χ1n) is 6.42. The Hall–Kier alpha value is -1.95. The molecule has 1 aliphatic rings. The Morgan fingerprint density at radius 1 is 1.20 bits per heavy atom. The zero-order valence-corrected chi connectivity index (χ0v) is 12.0. The van der Waals surface area contributed by atoms with Crippen molar-refractivity contribution >= 4 is 5.91 Å². The van der Waals surface area contributed by atoms with Gasteiger partial charge in [-0.2, -0.15) is 0 Å². The van der Waals surface area contributed by atoms with Crippen molar-refractivity contribution < 1.29 is 19.0 Å². The third-order valence-electron chi connectivity index (χ3n) is 3.57. The van der Waals surface area contributed by atoms with Gasteiger partial charge in [-0.15, -0.1) is 0 Å². The molecule has 20 heavy (non-hydrogen) atoms. The molecule has 0 heterocycles. The second kappa shape index (κ2) is 5.58. The average Bonchev–Trinajstić information content (AvgIpc) is 3.25. The molecule has 0 saturated heterocycles. The summed E-state index contributed by atoms with van der Waals surface area (Å²) in [6.07, 6.45) is 1.82. The minimum absolute atomic E-state index is 0.217. The van der Waals surface area contributed by atoms with E-state index in [0.29, 0.717) is 29.4 Å². The van der Waals surface area contributed by atoms with Crippen LogP contribution < -0.4 is 25.3 Å². The predicted octanol–water partition coefficient (Wildman–Crippen LogP) is 0.933. The van der Waals surface area contributed by atoms with E-state index in [1.165, 1.54) is 21.3 Å². The molecule has 0 aliphatic heterocycles. The second-order valence-corrected chi connectivity index (χ2v) is 4.82. The molecule has 1 amide bonds. The number of nitrogens with two attached hydrogens (primary N) is 1. The monoisotopic (exact) mass is 280 g/mol. The summed E-state index contributed by atoms with van der Waals surface area (Å²) in [6.45, 7) is 0.439. The number of benzene rings is 1. The number of ether oxygens (including phenoxy) is 3. The average molecular weight is 280 g/mol. The molecule has 1 aliphatic carbocycles. The number of nitrogens with one attached hydrogen (secondary N) is 1. The van der Waals surface area contributed by atoms with Crippen molar-refractivity contribution in [1.29, 1.82) is 0 Å². The zero-order chi connectivity index (χ0) is 14.8. The smallest absolute Gasteiger partial charge is 0.255 e. The summed E-state index contributed by atoms with van der Waals surface area (Å²) in [5.41, 5.74) is 5.83. The minimum Gasteiger partial charge on any atom is -0.493 e. The van der Waals surface area contributed by atoms with Gasteiger partial charge in [0, 0.05) is 6.54 Å². The molecule has 2 rings (SSSR count). The topological polar surface area (TPSA) is 82.8 Å². The van der Waals surface area contributed by atoms with Crippen LogP contribution >= 0.6 is 0 Å². The highest BCUT2D eigenvalue weighted by Crippen LogP contribution is 2.41. The molecule has 110 valence electrons. The molecule has 0 aromatic heterocycles. The molecule has 6 nitrogen and oxygen atoms in total. The molecule has 0 spiro atoms. The van der Waals surface area contributed by atoms with Crippen molar-refractivity contribution in [2.75, 3.05) is 27.9 Å². The van der Waals surface area contributed by atoms with Crippen LogP contribution in [0.4, 0.5) is 0 Å². The van der Waals surface area contributed by atoms with E-state index in [2.05, 4.69) is 5.32 Å². The number of carbonyl (C=O) groups excluding carboxylic acids is 1. The molecule has 1 aromatic carbocycles. The fourth-order valence-electron chi connectivity index (χ4n) is 2.12. The van der Waals surface area contributed by atoms with Crippen molar-refractivity contribution in [2.45, 2.75) is 18.4 Å². The number of methoxy groups -OCH3 is 3. The van der Waals surface area contributed by atoms with E-state index in [1.807, 2.05) is 0 Å². The molecular weight excluding hydrogens is 260 g/mol. The van der Waals surface area contributed by atoms with Gasteiger partial charge in [-0.3, -0.25) is 4.79 Å². The van der Waals surface area contributed by atoms with Crippen molar-refractivity contribution in [3.8, 4) is 17.2 Å². The molecular formula is C14H20N2O4. The molecule has 3 N–H and O–H groups in total. The summed E-state index contributed by atoms with van der Waals surface area (Å²) in [5, 5.41) is 2.96. The van der Waals surface area contributed by atoms with Crippen LogP contribution in [-0.2, 0) is 0 Å². The molecule has 1 fully saturated rings. The largest absolute Gasteiger partial charge is 0.493 e. The number of amides is 1. The van der Waals surface area contributed by atoms with Crippen molar-refractivity contribution in [3.63, 3.8) is 0 Å². The first kappa shape index (κ1) is 14.5. The summed E-state index contributed by atoms with van der Waals surface area (Å²) in [4.78, 5) is 12.4. The number of carbonyl (C=O) groups is 1. The van der Waals surface area contributed by atoms with Crippen molar-refractivity contribution in [1.82, 2.24) is 5.32 Å². The van der Waals surface area contributed by atoms with Gasteiger partial charge in [0.1, 0.15) is 0 Å². The van der Waals surface area contributed by atoms with Crippen LogP contribution in [0, 0.1) is 0 Å². The van der Waals surface area contributed by atoms with Crippen molar-refractivity contribution in [3.05, 3.63) is 17.7 Å². The van der Waals surface area contributed by atoms with E-state index >= 15 is 0 Å². The molecule has 6 heteroatoms. The van der Waals surface area contributed by atoms with Gasteiger partial charge >= 0.3 is 0 Å². The van der Waals surface area contributed by atoms with Gasteiger partial charge in [0.25, 0.3) is 5.91 Å². The van der Waals surface area contributed by atoms with Crippen LogP contribution in [0.3, 0.4) is 0 Å². The Bertz CT molecular complexity index is 512. The maximum atomic E-state index is 12.4. The Labute approximate surface area is 118 Å². The zero-order valence-electron chi connectivity index (χ0n) is 12.0. The first-order chi connectivity index (χ1) is 9.60. The highest BCUT2D eigenvalue weighted by Gasteiger charge is 2.43. The number of hydrogen-bond donors (Lipinski definition) is 2. The fraction of sp³-hybridized carbons (Fsp3) is 0.500. The van der Waals surface area contributed by atoms with Gasteiger partial charge in [-0.05, 0) is 25.0 Å². The highest BCUT2D eigenvalue weighted by molar-refractivity contribution is 5.99. The Morgan fingerprint density at radius 2 is 1.85 bits per heavy atom. The van der Waals surface area contributed by atoms with Crippen LogP contribution in [-0.4, -0.2) is 39.3 Å². The Balaban J connectivity index is 2.33. The fourth-order valence-corrected chi connectivity index (χ4v) is 2.12. The van der Waals surface area contributed by atoms with E-state index in [0.717, 1.165) is 12.8 Å². The summed E-state index contributed by atoms with van der Waals surface area (Å²) >= 11 is 0. The van der Waals surface area contributed by atoms with Gasteiger partial charge in [-0.1, -0.05) is 0 Å².